The smallest absolute Gasteiger partial charge is 0.224 e. The van der Waals surface area contributed by atoms with E-state index in [4.69, 9.17) is 9.47 Å². The van der Waals surface area contributed by atoms with Crippen molar-refractivity contribution in [2.24, 2.45) is 0 Å². The van der Waals surface area contributed by atoms with Gasteiger partial charge in [0.1, 0.15) is 5.75 Å². The average molecular weight is 320 g/mol. The molecule has 1 fully saturated rings. The number of benzene rings is 1. The number of nitrogens with zero attached hydrogens (tertiary/aromatic N) is 1. The van der Waals surface area contributed by atoms with Gasteiger partial charge in [0.15, 0.2) is 0 Å². The SMILES string of the molecule is COc1cc(CC(=O)NCC(C)(C)N2CCOCC2)ccc1C. The second kappa shape index (κ2) is 7.79. The second-order valence-electron chi connectivity index (χ2n) is 6.67. The number of hydrogen-bond donors (Lipinski definition) is 1. The normalized spacial score (nSPS) is 16.2. The lowest BCUT2D eigenvalue weighted by molar-refractivity contribution is -0.121. The number of hydrogen-bond acceptors (Lipinski definition) is 4. The second-order valence-corrected chi connectivity index (χ2v) is 6.67. The van der Waals surface area contributed by atoms with E-state index in [1.807, 2.05) is 25.1 Å². The Balaban J connectivity index is 1.87. The van der Waals surface area contributed by atoms with E-state index >= 15 is 0 Å². The standard InChI is InChI=1S/C18H28N2O3/c1-14-5-6-15(11-16(14)22-4)12-17(21)19-13-18(2,3)20-7-9-23-10-8-20/h5-6,11H,7-10,12-13H2,1-4H3,(H,19,21). The van der Waals surface area contributed by atoms with Gasteiger partial charge in [-0.3, -0.25) is 9.69 Å². The van der Waals surface area contributed by atoms with Crippen molar-refractivity contribution in [3.05, 3.63) is 29.3 Å². The molecule has 1 saturated heterocycles. The van der Waals surface area contributed by atoms with E-state index in [2.05, 4.69) is 24.1 Å². The Morgan fingerprint density at radius 3 is 2.70 bits per heavy atom. The largest absolute Gasteiger partial charge is 0.496 e. The lowest BCUT2D eigenvalue weighted by Gasteiger charge is -2.40. The topological polar surface area (TPSA) is 50.8 Å². The average Bonchev–Trinajstić information content (AvgIpc) is 2.56. The molecule has 0 spiro atoms. The maximum atomic E-state index is 12.2. The molecule has 0 aliphatic carbocycles. The van der Waals surface area contributed by atoms with Crippen LogP contribution in [0, 0.1) is 6.92 Å². The van der Waals surface area contributed by atoms with E-state index in [0.29, 0.717) is 13.0 Å². The number of nitrogens with one attached hydrogen (secondary N) is 1. The third-order valence-electron chi connectivity index (χ3n) is 4.42. The zero-order valence-corrected chi connectivity index (χ0v) is 14.6. The summed E-state index contributed by atoms with van der Waals surface area (Å²) in [4.78, 5) is 14.6. The lowest BCUT2D eigenvalue weighted by Crippen LogP contribution is -2.55. The van der Waals surface area contributed by atoms with Crippen LogP contribution in [-0.4, -0.2) is 56.3 Å². The molecule has 1 aromatic rings. The third-order valence-corrected chi connectivity index (χ3v) is 4.42. The molecule has 2 rings (SSSR count). The molecule has 0 saturated carbocycles. The number of aryl methyl sites for hydroxylation is 1. The van der Waals surface area contributed by atoms with Gasteiger partial charge in [0, 0.05) is 25.2 Å². The van der Waals surface area contributed by atoms with Crippen LogP contribution in [0.2, 0.25) is 0 Å². The Morgan fingerprint density at radius 1 is 1.35 bits per heavy atom. The van der Waals surface area contributed by atoms with Crippen LogP contribution in [0.15, 0.2) is 18.2 Å². The van der Waals surface area contributed by atoms with Gasteiger partial charge in [-0.2, -0.15) is 0 Å². The van der Waals surface area contributed by atoms with Crippen LogP contribution in [0.3, 0.4) is 0 Å². The van der Waals surface area contributed by atoms with Gasteiger partial charge in [-0.05, 0) is 38.0 Å². The van der Waals surface area contributed by atoms with Crippen LogP contribution in [0.5, 0.6) is 5.75 Å². The molecule has 5 heteroatoms. The van der Waals surface area contributed by atoms with Crippen LogP contribution in [0.25, 0.3) is 0 Å². The molecule has 0 bridgehead atoms. The van der Waals surface area contributed by atoms with Crippen molar-refractivity contribution in [1.82, 2.24) is 10.2 Å². The van der Waals surface area contributed by atoms with Gasteiger partial charge in [-0.25, -0.2) is 0 Å². The molecule has 0 radical (unpaired) electrons. The first-order valence-electron chi connectivity index (χ1n) is 8.15. The van der Waals surface area contributed by atoms with E-state index in [-0.39, 0.29) is 11.4 Å². The Morgan fingerprint density at radius 2 is 2.04 bits per heavy atom. The third kappa shape index (κ3) is 4.94. The number of rotatable bonds is 6. The molecule has 0 aromatic heterocycles. The van der Waals surface area contributed by atoms with E-state index in [0.717, 1.165) is 43.2 Å². The number of morpholine rings is 1. The Bertz CT molecular complexity index is 537. The first-order valence-corrected chi connectivity index (χ1v) is 8.15. The summed E-state index contributed by atoms with van der Waals surface area (Å²) in [7, 11) is 1.65. The van der Waals surface area contributed by atoms with E-state index in [1.54, 1.807) is 7.11 Å². The van der Waals surface area contributed by atoms with Gasteiger partial charge in [0.05, 0.1) is 26.7 Å². The summed E-state index contributed by atoms with van der Waals surface area (Å²) in [5, 5.41) is 3.06. The number of methoxy groups -OCH3 is 1. The number of amides is 1. The minimum Gasteiger partial charge on any atom is -0.496 e. The molecular weight excluding hydrogens is 292 g/mol. The maximum Gasteiger partial charge on any atom is 0.224 e. The highest BCUT2D eigenvalue weighted by molar-refractivity contribution is 5.78. The van der Waals surface area contributed by atoms with Crippen LogP contribution in [0.1, 0.15) is 25.0 Å². The number of carbonyl (C=O) groups is 1. The summed E-state index contributed by atoms with van der Waals surface area (Å²) < 4.78 is 10.7. The van der Waals surface area contributed by atoms with Gasteiger partial charge >= 0.3 is 0 Å². The molecule has 5 nitrogen and oxygen atoms in total. The van der Waals surface area contributed by atoms with Gasteiger partial charge in [-0.15, -0.1) is 0 Å². The van der Waals surface area contributed by atoms with E-state index in [1.165, 1.54) is 0 Å². The number of ether oxygens (including phenoxy) is 2. The maximum absolute atomic E-state index is 12.2. The van der Waals surface area contributed by atoms with Crippen LogP contribution < -0.4 is 10.1 Å². The Hall–Kier alpha value is -1.59. The first-order chi connectivity index (χ1) is 10.9. The molecule has 1 aromatic carbocycles. The van der Waals surface area contributed by atoms with E-state index < -0.39 is 0 Å². The fourth-order valence-corrected chi connectivity index (χ4v) is 2.82. The fraction of sp³-hybridized carbons (Fsp3) is 0.611. The molecule has 1 N–H and O–H groups in total. The highest BCUT2D eigenvalue weighted by Gasteiger charge is 2.28. The summed E-state index contributed by atoms with van der Waals surface area (Å²) in [6.45, 7) is 10.3. The van der Waals surface area contributed by atoms with Crippen LogP contribution >= 0.6 is 0 Å². The van der Waals surface area contributed by atoms with Crippen LogP contribution in [0.4, 0.5) is 0 Å². The molecular formula is C18H28N2O3. The zero-order valence-electron chi connectivity index (χ0n) is 14.6. The van der Waals surface area contributed by atoms with E-state index in [9.17, 15) is 4.79 Å². The first kappa shape index (κ1) is 17.8. The predicted molar refractivity (Wildman–Crippen MR) is 90.9 cm³/mol. The fourth-order valence-electron chi connectivity index (χ4n) is 2.82. The van der Waals surface area contributed by atoms with Gasteiger partial charge in [0.2, 0.25) is 5.91 Å². The van der Waals surface area contributed by atoms with Crippen LogP contribution in [-0.2, 0) is 16.0 Å². The summed E-state index contributed by atoms with van der Waals surface area (Å²) >= 11 is 0. The Labute approximate surface area is 139 Å². The predicted octanol–water partition coefficient (Wildman–Crippen LogP) is 1.77. The summed E-state index contributed by atoms with van der Waals surface area (Å²) in [6, 6.07) is 5.89. The van der Waals surface area contributed by atoms with Crippen molar-refractivity contribution in [2.45, 2.75) is 32.7 Å². The molecule has 0 unspecified atom stereocenters. The van der Waals surface area contributed by atoms with Crippen molar-refractivity contribution in [3.63, 3.8) is 0 Å². The molecule has 128 valence electrons. The summed E-state index contributed by atoms with van der Waals surface area (Å²) in [6.07, 6.45) is 0.371. The van der Waals surface area contributed by atoms with Crippen molar-refractivity contribution in [3.8, 4) is 5.75 Å². The van der Waals surface area contributed by atoms with Gasteiger partial charge < -0.3 is 14.8 Å². The van der Waals surface area contributed by atoms with Crippen molar-refractivity contribution in [2.75, 3.05) is 40.0 Å². The Kier molecular flexibility index (Phi) is 6.02. The minimum absolute atomic E-state index is 0.0391. The molecule has 23 heavy (non-hydrogen) atoms. The monoisotopic (exact) mass is 320 g/mol. The molecule has 1 aliphatic heterocycles. The van der Waals surface area contributed by atoms with Gasteiger partial charge in [-0.1, -0.05) is 12.1 Å². The number of carbonyl (C=O) groups excluding carboxylic acids is 1. The molecule has 0 atom stereocenters. The van der Waals surface area contributed by atoms with Crippen molar-refractivity contribution in [1.29, 1.82) is 0 Å². The van der Waals surface area contributed by atoms with Gasteiger partial charge in [0.25, 0.3) is 0 Å². The molecule has 1 aliphatic rings. The zero-order chi connectivity index (χ0) is 16.9. The molecule has 1 amide bonds. The minimum atomic E-state index is -0.0651. The summed E-state index contributed by atoms with van der Waals surface area (Å²) in [5.41, 5.74) is 1.98. The summed E-state index contributed by atoms with van der Waals surface area (Å²) in [5.74, 6) is 0.862. The highest BCUT2D eigenvalue weighted by atomic mass is 16.5. The lowest BCUT2D eigenvalue weighted by atomic mass is 10.0. The van der Waals surface area contributed by atoms with Crippen molar-refractivity contribution < 1.29 is 14.3 Å². The molecule has 1 heterocycles. The highest BCUT2D eigenvalue weighted by Crippen LogP contribution is 2.19. The van der Waals surface area contributed by atoms with Crippen molar-refractivity contribution >= 4 is 5.91 Å². The quantitative estimate of drug-likeness (QED) is 0.868.